The van der Waals surface area contributed by atoms with E-state index in [2.05, 4.69) is 16.0 Å². The maximum atomic E-state index is 12.7. The molecule has 0 spiro atoms. The van der Waals surface area contributed by atoms with Crippen molar-refractivity contribution in [3.05, 3.63) is 58.7 Å². The number of rotatable bonds is 7. The molecule has 0 saturated carbocycles. The summed E-state index contributed by atoms with van der Waals surface area (Å²) in [5.74, 6) is -0.364. The lowest BCUT2D eigenvalue weighted by atomic mass is 10.1. The molecule has 0 atom stereocenters. The van der Waals surface area contributed by atoms with Crippen LogP contribution in [0.1, 0.15) is 40.9 Å². The Labute approximate surface area is 184 Å². The molecule has 3 amide bonds. The molecular weight excluding hydrogens is 416 g/mol. The highest BCUT2D eigenvalue weighted by Crippen LogP contribution is 2.23. The molecule has 0 aliphatic carbocycles. The van der Waals surface area contributed by atoms with E-state index >= 15 is 0 Å². The summed E-state index contributed by atoms with van der Waals surface area (Å²) in [5, 5.41) is 8.28. The Balaban J connectivity index is 2.09. The van der Waals surface area contributed by atoms with Crippen LogP contribution in [0.2, 0.25) is 0 Å². The van der Waals surface area contributed by atoms with Gasteiger partial charge < -0.3 is 16.0 Å². The van der Waals surface area contributed by atoms with Crippen molar-refractivity contribution < 1.29 is 18.0 Å². The van der Waals surface area contributed by atoms with E-state index in [1.54, 1.807) is 44.2 Å². The van der Waals surface area contributed by atoms with Gasteiger partial charge >= 0.3 is 6.03 Å². The minimum atomic E-state index is -3.66. The average molecular weight is 447 g/mol. The van der Waals surface area contributed by atoms with Crippen molar-refractivity contribution in [1.82, 2.24) is 14.9 Å². The fourth-order valence-electron chi connectivity index (χ4n) is 2.84. The summed E-state index contributed by atoms with van der Waals surface area (Å²) in [7, 11) is -0.742. The van der Waals surface area contributed by atoms with Crippen LogP contribution < -0.4 is 16.0 Å². The molecular formula is C22H30N4O4S. The van der Waals surface area contributed by atoms with Crippen molar-refractivity contribution in [3.8, 4) is 0 Å². The zero-order valence-electron chi connectivity index (χ0n) is 18.7. The maximum Gasteiger partial charge on any atom is 0.319 e. The third kappa shape index (κ3) is 6.28. The van der Waals surface area contributed by atoms with E-state index in [9.17, 15) is 18.0 Å². The van der Waals surface area contributed by atoms with Crippen molar-refractivity contribution >= 4 is 27.6 Å². The number of hydrogen-bond acceptors (Lipinski definition) is 4. The summed E-state index contributed by atoms with van der Waals surface area (Å²) in [6.07, 6.45) is 0. The van der Waals surface area contributed by atoms with Crippen LogP contribution in [0.15, 0.2) is 41.3 Å². The van der Waals surface area contributed by atoms with E-state index < -0.39 is 10.0 Å². The van der Waals surface area contributed by atoms with Crippen molar-refractivity contribution in [3.63, 3.8) is 0 Å². The highest BCUT2D eigenvalue weighted by Gasteiger charge is 2.23. The van der Waals surface area contributed by atoms with Gasteiger partial charge in [0.25, 0.3) is 5.91 Å². The number of nitrogens with zero attached hydrogens (tertiary/aromatic N) is 1. The van der Waals surface area contributed by atoms with Crippen LogP contribution in [-0.4, -0.2) is 44.8 Å². The molecule has 168 valence electrons. The van der Waals surface area contributed by atoms with Gasteiger partial charge in [0, 0.05) is 37.9 Å². The first-order valence-electron chi connectivity index (χ1n) is 9.90. The number of amides is 3. The van der Waals surface area contributed by atoms with Crippen LogP contribution in [0, 0.1) is 13.8 Å². The molecule has 0 heterocycles. The molecule has 0 radical (unpaired) electrons. The highest BCUT2D eigenvalue weighted by atomic mass is 32.2. The summed E-state index contributed by atoms with van der Waals surface area (Å²) in [4.78, 5) is 24.5. The maximum absolute atomic E-state index is 12.7. The minimum Gasteiger partial charge on any atom is -0.348 e. The van der Waals surface area contributed by atoms with E-state index in [4.69, 9.17) is 0 Å². The third-order valence-electron chi connectivity index (χ3n) is 4.73. The van der Waals surface area contributed by atoms with Crippen LogP contribution in [0.3, 0.4) is 0 Å². The first-order chi connectivity index (χ1) is 14.4. The minimum absolute atomic E-state index is 0.0353. The summed E-state index contributed by atoms with van der Waals surface area (Å²) >= 11 is 0. The number of nitrogens with one attached hydrogen (secondary N) is 3. The molecule has 0 unspecified atom stereocenters. The van der Waals surface area contributed by atoms with Crippen LogP contribution in [0.4, 0.5) is 10.5 Å². The van der Waals surface area contributed by atoms with Crippen molar-refractivity contribution in [2.75, 3.05) is 19.4 Å². The lowest BCUT2D eigenvalue weighted by Crippen LogP contribution is -2.34. The Bertz CT molecular complexity index is 1060. The van der Waals surface area contributed by atoms with Gasteiger partial charge in [-0.05, 0) is 68.7 Å². The van der Waals surface area contributed by atoms with Crippen molar-refractivity contribution in [2.24, 2.45) is 0 Å². The molecule has 0 aliphatic heterocycles. The van der Waals surface area contributed by atoms with Gasteiger partial charge in [-0.1, -0.05) is 12.1 Å². The number of aryl methyl sites for hydroxylation is 1. The Morgan fingerprint density at radius 1 is 1.03 bits per heavy atom. The molecule has 2 aromatic rings. The van der Waals surface area contributed by atoms with Gasteiger partial charge in [-0.2, -0.15) is 0 Å². The van der Waals surface area contributed by atoms with Gasteiger partial charge in [-0.15, -0.1) is 0 Å². The fraction of sp³-hybridized carbons (Fsp3) is 0.364. The van der Waals surface area contributed by atoms with Crippen LogP contribution in [0.5, 0.6) is 0 Å². The molecule has 0 aliphatic rings. The topological polar surface area (TPSA) is 108 Å². The molecule has 0 bridgehead atoms. The highest BCUT2D eigenvalue weighted by molar-refractivity contribution is 7.89. The predicted octanol–water partition coefficient (Wildman–Crippen LogP) is 3.01. The number of carbonyl (C=O) groups excluding carboxylic acids is 2. The Hall–Kier alpha value is -2.91. The van der Waals surface area contributed by atoms with Gasteiger partial charge in [-0.25, -0.2) is 17.5 Å². The van der Waals surface area contributed by atoms with Gasteiger partial charge in [0.15, 0.2) is 0 Å². The van der Waals surface area contributed by atoms with Gasteiger partial charge in [0.1, 0.15) is 0 Å². The lowest BCUT2D eigenvalue weighted by molar-refractivity contribution is 0.0950. The molecule has 3 N–H and O–H groups in total. The standard InChI is InChI=1S/C22H30N4O4S/c1-14(2)24-22(28)25-19-9-7-17(8-10-19)13-23-21(27)18-11-15(3)16(4)20(12-18)31(29,30)26(5)6/h7-12,14H,13H2,1-6H3,(H,23,27)(H2,24,25,28). The second-order valence-electron chi connectivity index (χ2n) is 7.84. The first-order valence-corrected chi connectivity index (χ1v) is 11.3. The number of carbonyl (C=O) groups is 2. The SMILES string of the molecule is Cc1cc(C(=O)NCc2ccc(NC(=O)NC(C)C)cc2)cc(S(=O)(=O)N(C)C)c1C. The normalized spacial score (nSPS) is 11.5. The second kappa shape index (κ2) is 9.93. The monoisotopic (exact) mass is 446 g/mol. The van der Waals surface area contributed by atoms with Crippen LogP contribution in [-0.2, 0) is 16.6 Å². The number of sulfonamides is 1. The van der Waals surface area contributed by atoms with Gasteiger partial charge in [0.05, 0.1) is 4.90 Å². The molecule has 0 fully saturated rings. The van der Waals surface area contributed by atoms with E-state index in [-0.39, 0.29) is 35.0 Å². The summed E-state index contributed by atoms with van der Waals surface area (Å²) in [5.41, 5.74) is 3.11. The predicted molar refractivity (Wildman–Crippen MR) is 122 cm³/mol. The average Bonchev–Trinajstić information content (AvgIpc) is 2.68. The summed E-state index contributed by atoms with van der Waals surface area (Å²) in [6.45, 7) is 7.52. The van der Waals surface area contributed by atoms with E-state index in [1.165, 1.54) is 20.2 Å². The number of anilines is 1. The van der Waals surface area contributed by atoms with E-state index in [0.29, 0.717) is 11.3 Å². The summed E-state index contributed by atoms with van der Waals surface area (Å²) < 4.78 is 26.3. The quantitative estimate of drug-likeness (QED) is 0.608. The first kappa shape index (κ1) is 24.4. The molecule has 2 rings (SSSR count). The van der Waals surface area contributed by atoms with Gasteiger partial charge in [0.2, 0.25) is 10.0 Å². The number of urea groups is 1. The Kier molecular flexibility index (Phi) is 7.80. The molecule has 2 aromatic carbocycles. The fourth-order valence-corrected chi connectivity index (χ4v) is 4.06. The molecule has 0 aromatic heterocycles. The number of benzene rings is 2. The Morgan fingerprint density at radius 3 is 2.19 bits per heavy atom. The van der Waals surface area contributed by atoms with E-state index in [0.717, 1.165) is 15.4 Å². The van der Waals surface area contributed by atoms with Crippen LogP contribution >= 0.6 is 0 Å². The molecule has 0 saturated heterocycles. The van der Waals surface area contributed by atoms with Crippen molar-refractivity contribution in [2.45, 2.75) is 45.2 Å². The second-order valence-corrected chi connectivity index (χ2v) is 9.96. The zero-order valence-corrected chi connectivity index (χ0v) is 19.6. The van der Waals surface area contributed by atoms with Crippen LogP contribution in [0.25, 0.3) is 0 Å². The molecule has 8 nitrogen and oxygen atoms in total. The summed E-state index contributed by atoms with van der Waals surface area (Å²) in [6, 6.07) is 9.94. The van der Waals surface area contributed by atoms with Gasteiger partial charge in [-0.3, -0.25) is 4.79 Å². The van der Waals surface area contributed by atoms with Crippen molar-refractivity contribution in [1.29, 1.82) is 0 Å². The number of hydrogen-bond donors (Lipinski definition) is 3. The molecule has 31 heavy (non-hydrogen) atoms. The molecule has 9 heteroatoms. The van der Waals surface area contributed by atoms with E-state index in [1.807, 2.05) is 13.8 Å². The third-order valence-corrected chi connectivity index (χ3v) is 6.67. The lowest BCUT2D eigenvalue weighted by Gasteiger charge is -2.16. The Morgan fingerprint density at radius 2 is 1.65 bits per heavy atom. The zero-order chi connectivity index (χ0) is 23.3. The smallest absolute Gasteiger partial charge is 0.319 e. The largest absolute Gasteiger partial charge is 0.348 e.